The fraction of sp³-hybridized carbons (Fsp3) is 0.316. The van der Waals surface area contributed by atoms with Crippen LogP contribution in [0.25, 0.3) is 0 Å². The van der Waals surface area contributed by atoms with Crippen LogP contribution in [0.2, 0.25) is 0 Å². The average molecular weight is 390 g/mol. The summed E-state index contributed by atoms with van der Waals surface area (Å²) in [5.41, 5.74) is 1.17. The third-order valence-electron chi connectivity index (χ3n) is 4.31. The zero-order valence-corrected chi connectivity index (χ0v) is 16.2. The number of sulfonamides is 1. The van der Waals surface area contributed by atoms with Crippen molar-refractivity contribution in [2.45, 2.75) is 30.7 Å². The van der Waals surface area contributed by atoms with Gasteiger partial charge in [0.1, 0.15) is 0 Å². The van der Waals surface area contributed by atoms with Crippen LogP contribution in [0.5, 0.6) is 11.5 Å². The Kier molecular flexibility index (Phi) is 5.27. The van der Waals surface area contributed by atoms with E-state index in [4.69, 9.17) is 9.47 Å². The Labute approximate surface area is 158 Å². The third-order valence-corrected chi connectivity index (χ3v) is 5.69. The van der Waals surface area contributed by atoms with Crippen LogP contribution < -0.4 is 19.1 Å². The highest BCUT2D eigenvalue weighted by atomic mass is 32.2. The second-order valence-electron chi connectivity index (χ2n) is 6.29. The number of methoxy groups -OCH3 is 2. The number of nitrogens with one attached hydrogen (secondary N) is 1. The highest BCUT2D eigenvalue weighted by molar-refractivity contribution is 7.92. The summed E-state index contributed by atoms with van der Waals surface area (Å²) in [6.45, 7) is 1.53. The van der Waals surface area contributed by atoms with Crippen molar-refractivity contribution in [3.8, 4) is 11.5 Å². The molecule has 1 aliphatic carbocycles. The van der Waals surface area contributed by atoms with Crippen LogP contribution in [-0.2, 0) is 14.8 Å². The first-order chi connectivity index (χ1) is 12.9. The average Bonchev–Trinajstić information content (AvgIpc) is 3.47. The summed E-state index contributed by atoms with van der Waals surface area (Å²) in [7, 11) is -0.861. The molecule has 1 aliphatic rings. The molecule has 0 unspecified atom stereocenters. The molecule has 0 aromatic heterocycles. The van der Waals surface area contributed by atoms with Gasteiger partial charge in [0.25, 0.3) is 10.0 Å². The second-order valence-corrected chi connectivity index (χ2v) is 7.97. The molecule has 0 heterocycles. The van der Waals surface area contributed by atoms with Gasteiger partial charge in [-0.05, 0) is 49.2 Å². The lowest BCUT2D eigenvalue weighted by atomic mass is 10.2. The lowest BCUT2D eigenvalue weighted by molar-refractivity contribution is -0.116. The summed E-state index contributed by atoms with van der Waals surface area (Å²) in [6.07, 6.45) is 1.99. The van der Waals surface area contributed by atoms with Crippen LogP contribution in [0.15, 0.2) is 47.4 Å². The standard InChI is InChI=1S/C19H22N2O5S/c1-13(22)21(16-8-9-16)15-6-4-14(5-7-15)20-27(23,24)17-10-11-18(25-2)19(12-17)26-3/h4-7,10-12,16,20H,8-9H2,1-3H3. The Bertz CT molecular complexity index is 937. The lowest BCUT2D eigenvalue weighted by Crippen LogP contribution is -2.30. The van der Waals surface area contributed by atoms with Crippen LogP contribution in [0, 0.1) is 0 Å². The van der Waals surface area contributed by atoms with Crippen molar-refractivity contribution in [1.29, 1.82) is 0 Å². The molecule has 0 aliphatic heterocycles. The topological polar surface area (TPSA) is 84.9 Å². The van der Waals surface area contributed by atoms with Crippen LogP contribution in [0.4, 0.5) is 11.4 Å². The number of amides is 1. The van der Waals surface area contributed by atoms with E-state index < -0.39 is 10.0 Å². The second kappa shape index (κ2) is 7.48. The molecule has 0 radical (unpaired) electrons. The molecule has 1 saturated carbocycles. The van der Waals surface area contributed by atoms with Crippen molar-refractivity contribution in [2.75, 3.05) is 23.8 Å². The van der Waals surface area contributed by atoms with Gasteiger partial charge in [0, 0.05) is 30.4 Å². The number of hydrogen-bond acceptors (Lipinski definition) is 5. The van der Waals surface area contributed by atoms with Gasteiger partial charge in [-0.25, -0.2) is 8.42 Å². The van der Waals surface area contributed by atoms with Gasteiger partial charge in [-0.1, -0.05) is 0 Å². The summed E-state index contributed by atoms with van der Waals surface area (Å²) in [5, 5.41) is 0. The van der Waals surface area contributed by atoms with Crippen molar-refractivity contribution in [3.63, 3.8) is 0 Å². The molecule has 2 aromatic carbocycles. The molecule has 1 N–H and O–H groups in total. The zero-order valence-electron chi connectivity index (χ0n) is 15.4. The molecule has 1 amide bonds. The first kappa shape index (κ1) is 19.0. The van der Waals surface area contributed by atoms with E-state index in [9.17, 15) is 13.2 Å². The maximum absolute atomic E-state index is 12.6. The predicted octanol–water partition coefficient (Wildman–Crippen LogP) is 3.02. The maximum atomic E-state index is 12.6. The van der Waals surface area contributed by atoms with Gasteiger partial charge in [-0.15, -0.1) is 0 Å². The van der Waals surface area contributed by atoms with Crippen molar-refractivity contribution in [3.05, 3.63) is 42.5 Å². The van der Waals surface area contributed by atoms with Crippen molar-refractivity contribution >= 4 is 27.3 Å². The molecule has 3 rings (SSSR count). The Morgan fingerprint density at radius 2 is 1.67 bits per heavy atom. The molecule has 144 valence electrons. The van der Waals surface area contributed by atoms with Crippen LogP contribution in [0.1, 0.15) is 19.8 Å². The van der Waals surface area contributed by atoms with Gasteiger partial charge in [-0.3, -0.25) is 9.52 Å². The normalized spacial score (nSPS) is 13.7. The minimum absolute atomic E-state index is 0.0174. The van der Waals surface area contributed by atoms with Gasteiger partial charge in [-0.2, -0.15) is 0 Å². The minimum atomic E-state index is -3.79. The van der Waals surface area contributed by atoms with E-state index in [-0.39, 0.29) is 16.8 Å². The fourth-order valence-electron chi connectivity index (χ4n) is 2.87. The van der Waals surface area contributed by atoms with Crippen LogP contribution in [0.3, 0.4) is 0 Å². The van der Waals surface area contributed by atoms with Gasteiger partial charge >= 0.3 is 0 Å². The highest BCUT2D eigenvalue weighted by Crippen LogP contribution is 2.33. The summed E-state index contributed by atoms with van der Waals surface area (Å²) in [4.78, 5) is 13.6. The van der Waals surface area contributed by atoms with E-state index in [1.807, 2.05) is 0 Å². The summed E-state index contributed by atoms with van der Waals surface area (Å²) in [5.74, 6) is 0.763. The molecular weight excluding hydrogens is 368 g/mol. The summed E-state index contributed by atoms with van der Waals surface area (Å²) >= 11 is 0. The van der Waals surface area contributed by atoms with Gasteiger partial charge in [0.2, 0.25) is 5.91 Å². The van der Waals surface area contributed by atoms with E-state index in [0.29, 0.717) is 17.2 Å². The molecular formula is C19H22N2O5S. The van der Waals surface area contributed by atoms with Crippen molar-refractivity contribution in [2.24, 2.45) is 0 Å². The highest BCUT2D eigenvalue weighted by Gasteiger charge is 2.31. The zero-order chi connectivity index (χ0) is 19.6. The SMILES string of the molecule is COc1ccc(S(=O)(=O)Nc2ccc(N(C(C)=O)C3CC3)cc2)cc1OC. The number of nitrogens with zero attached hydrogens (tertiary/aromatic N) is 1. The van der Waals surface area contributed by atoms with Gasteiger partial charge in [0.05, 0.1) is 19.1 Å². The van der Waals surface area contributed by atoms with E-state index in [0.717, 1.165) is 18.5 Å². The summed E-state index contributed by atoms with van der Waals surface area (Å²) < 4.78 is 38.1. The number of benzene rings is 2. The fourth-order valence-corrected chi connectivity index (χ4v) is 3.94. The molecule has 8 heteroatoms. The Hall–Kier alpha value is -2.74. The smallest absolute Gasteiger partial charge is 0.262 e. The Balaban J connectivity index is 1.81. The third kappa shape index (κ3) is 4.16. The molecule has 7 nitrogen and oxygen atoms in total. The molecule has 0 spiro atoms. The minimum Gasteiger partial charge on any atom is -0.493 e. The number of hydrogen-bond donors (Lipinski definition) is 1. The van der Waals surface area contributed by atoms with E-state index in [1.165, 1.54) is 39.3 Å². The molecule has 1 fully saturated rings. The molecule has 0 bridgehead atoms. The molecule has 2 aromatic rings. The van der Waals surface area contributed by atoms with Crippen molar-refractivity contribution in [1.82, 2.24) is 0 Å². The summed E-state index contributed by atoms with van der Waals surface area (Å²) in [6, 6.07) is 11.4. The number of ether oxygens (including phenoxy) is 2. The Morgan fingerprint density at radius 1 is 1.04 bits per heavy atom. The van der Waals surface area contributed by atoms with Crippen molar-refractivity contribution < 1.29 is 22.7 Å². The van der Waals surface area contributed by atoms with E-state index >= 15 is 0 Å². The number of carbonyl (C=O) groups excluding carboxylic acids is 1. The van der Waals surface area contributed by atoms with Crippen LogP contribution in [-0.4, -0.2) is 34.6 Å². The van der Waals surface area contributed by atoms with Crippen LogP contribution >= 0.6 is 0 Å². The van der Waals surface area contributed by atoms with Gasteiger partial charge < -0.3 is 14.4 Å². The largest absolute Gasteiger partial charge is 0.493 e. The van der Waals surface area contributed by atoms with E-state index in [1.54, 1.807) is 29.2 Å². The monoisotopic (exact) mass is 390 g/mol. The number of rotatable bonds is 7. The number of anilines is 2. The molecule has 0 atom stereocenters. The Morgan fingerprint density at radius 3 is 2.19 bits per heavy atom. The predicted molar refractivity (Wildman–Crippen MR) is 103 cm³/mol. The molecule has 27 heavy (non-hydrogen) atoms. The van der Waals surface area contributed by atoms with E-state index in [2.05, 4.69) is 4.72 Å². The molecule has 0 saturated heterocycles. The maximum Gasteiger partial charge on any atom is 0.262 e. The lowest BCUT2D eigenvalue weighted by Gasteiger charge is -2.21. The number of carbonyl (C=O) groups is 1. The van der Waals surface area contributed by atoms with Gasteiger partial charge in [0.15, 0.2) is 11.5 Å². The first-order valence-electron chi connectivity index (χ1n) is 8.50. The quantitative estimate of drug-likeness (QED) is 0.786. The first-order valence-corrected chi connectivity index (χ1v) is 9.98.